The average molecular weight is 594 g/mol. The number of fused-ring (bicyclic) bond motifs is 3. The number of para-hydroxylation sites is 1. The molecule has 2 bridgehead atoms. The molecule has 3 saturated heterocycles. The Morgan fingerprint density at radius 3 is 2.08 bits per heavy atom. The number of ether oxygens (including phenoxy) is 2. The number of piperidine rings is 3. The smallest absolute Gasteiger partial charge is 0.337 e. The van der Waals surface area contributed by atoms with Gasteiger partial charge in [0, 0.05) is 30.0 Å². The number of nitrogens with one attached hydrogen (secondary N) is 1. The van der Waals surface area contributed by atoms with E-state index in [0.717, 1.165) is 37.2 Å². The van der Waals surface area contributed by atoms with Crippen molar-refractivity contribution in [3.05, 3.63) is 102 Å². The summed E-state index contributed by atoms with van der Waals surface area (Å²) in [6.45, 7) is 2.78. The van der Waals surface area contributed by atoms with E-state index in [0.29, 0.717) is 34.6 Å². The van der Waals surface area contributed by atoms with Gasteiger partial charge in [0.2, 0.25) is 5.78 Å². The van der Waals surface area contributed by atoms with Gasteiger partial charge in [0.1, 0.15) is 13.1 Å². The van der Waals surface area contributed by atoms with Crippen LogP contribution < -0.4 is 22.3 Å². The Bertz CT molecular complexity index is 1280. The lowest BCUT2D eigenvalue weighted by Crippen LogP contribution is -3.00. The van der Waals surface area contributed by atoms with Gasteiger partial charge in [-0.25, -0.2) is 9.59 Å². The van der Waals surface area contributed by atoms with Gasteiger partial charge in [-0.15, -0.1) is 0 Å². The second kappa shape index (κ2) is 12.6. The van der Waals surface area contributed by atoms with Gasteiger partial charge in [-0.1, -0.05) is 60.7 Å². The van der Waals surface area contributed by atoms with Crippen LogP contribution in [-0.4, -0.2) is 61.6 Å². The first-order chi connectivity index (χ1) is 18.5. The largest absolute Gasteiger partial charge is 1.00 e. The third-order valence-corrected chi connectivity index (χ3v) is 7.87. The molecule has 39 heavy (non-hydrogen) atoms. The summed E-state index contributed by atoms with van der Waals surface area (Å²) in [5.41, 5.74) is 2.68. The highest BCUT2D eigenvalue weighted by Crippen LogP contribution is 2.36. The van der Waals surface area contributed by atoms with E-state index in [2.05, 4.69) is 5.32 Å². The van der Waals surface area contributed by atoms with Crippen molar-refractivity contribution in [2.75, 3.05) is 38.6 Å². The van der Waals surface area contributed by atoms with Crippen molar-refractivity contribution in [2.24, 2.45) is 5.92 Å². The third kappa shape index (κ3) is 6.57. The van der Waals surface area contributed by atoms with E-state index in [1.165, 1.54) is 7.11 Å². The summed E-state index contributed by atoms with van der Waals surface area (Å²) in [5.74, 6) is -0.396. The van der Waals surface area contributed by atoms with E-state index in [1.807, 2.05) is 60.7 Å². The fourth-order valence-corrected chi connectivity index (χ4v) is 5.72. The molecule has 0 aromatic heterocycles. The minimum atomic E-state index is -0.627. The highest BCUT2D eigenvalue weighted by molar-refractivity contribution is 5.98. The number of benzene rings is 3. The molecular formula is C31H33BrN2O5. The molecule has 3 aromatic rings. The van der Waals surface area contributed by atoms with E-state index < -0.39 is 12.0 Å². The number of esters is 2. The molecule has 3 aromatic carbocycles. The molecule has 6 rings (SSSR count). The molecule has 0 radical (unpaired) electrons. The monoisotopic (exact) mass is 592 g/mol. The van der Waals surface area contributed by atoms with E-state index in [4.69, 9.17) is 9.47 Å². The van der Waals surface area contributed by atoms with E-state index in [9.17, 15) is 14.4 Å². The zero-order valence-corrected chi connectivity index (χ0v) is 23.5. The summed E-state index contributed by atoms with van der Waals surface area (Å²) in [6.07, 6.45) is 1.62. The Labute approximate surface area is 239 Å². The molecule has 8 heteroatoms. The molecule has 7 nitrogen and oxygen atoms in total. The Kier molecular flexibility index (Phi) is 9.20. The van der Waals surface area contributed by atoms with Crippen LogP contribution in [0.1, 0.15) is 45.2 Å². The van der Waals surface area contributed by atoms with Gasteiger partial charge in [0.15, 0.2) is 12.1 Å². The zero-order chi connectivity index (χ0) is 26.5. The quantitative estimate of drug-likeness (QED) is 0.231. The molecule has 3 heterocycles. The van der Waals surface area contributed by atoms with Gasteiger partial charge >= 0.3 is 11.9 Å². The van der Waals surface area contributed by atoms with Crippen molar-refractivity contribution >= 4 is 23.4 Å². The standard InChI is InChI=1S/C31H33N2O5.BrH/c1-37-30(35)25-14-12-22(13-15-25)27(34)20-33-18-16-23(17-19-33)28(21-33)38-31(36)29(24-8-4-2-5-9-24)32-26-10-6-3-7-11-26;/h2-15,23,28-29,32H,16-21H2,1H3;1H/q+1;/p-1. The second-order valence-corrected chi connectivity index (χ2v) is 10.3. The molecule has 3 fully saturated rings. The lowest BCUT2D eigenvalue weighted by Gasteiger charge is -2.51. The van der Waals surface area contributed by atoms with Crippen molar-refractivity contribution in [2.45, 2.75) is 25.0 Å². The molecule has 2 unspecified atom stereocenters. The van der Waals surface area contributed by atoms with Crippen LogP contribution in [0.4, 0.5) is 5.69 Å². The molecule has 0 saturated carbocycles. The third-order valence-electron chi connectivity index (χ3n) is 7.87. The first-order valence-electron chi connectivity index (χ1n) is 13.1. The average Bonchev–Trinajstić information content (AvgIpc) is 2.97. The van der Waals surface area contributed by atoms with Crippen LogP contribution in [0.5, 0.6) is 0 Å². The molecule has 1 N–H and O–H groups in total. The van der Waals surface area contributed by atoms with E-state index in [-0.39, 0.29) is 34.8 Å². The van der Waals surface area contributed by atoms with E-state index >= 15 is 0 Å². The second-order valence-electron chi connectivity index (χ2n) is 10.3. The molecule has 2 atom stereocenters. The van der Waals surface area contributed by atoms with E-state index in [1.54, 1.807) is 24.3 Å². The van der Waals surface area contributed by atoms with Crippen LogP contribution in [0.25, 0.3) is 0 Å². The molecule has 0 aliphatic carbocycles. The summed E-state index contributed by atoms with van der Waals surface area (Å²) in [4.78, 5) is 38.5. The predicted octanol–water partition coefficient (Wildman–Crippen LogP) is 1.67. The molecule has 0 amide bonds. The lowest BCUT2D eigenvalue weighted by atomic mass is 9.82. The van der Waals surface area contributed by atoms with Crippen LogP contribution in [0.15, 0.2) is 84.9 Å². The molecule has 204 valence electrons. The topological polar surface area (TPSA) is 81.7 Å². The number of Topliss-reactive ketones (excluding diaryl/α,β-unsaturated/α-hetero) is 1. The van der Waals surface area contributed by atoms with Gasteiger partial charge in [0.25, 0.3) is 0 Å². The normalized spacial score (nSPS) is 22.2. The maximum Gasteiger partial charge on any atom is 0.337 e. The minimum absolute atomic E-state index is 0. The highest BCUT2D eigenvalue weighted by Gasteiger charge is 2.49. The van der Waals surface area contributed by atoms with Crippen molar-refractivity contribution in [1.82, 2.24) is 0 Å². The summed E-state index contributed by atoms with van der Waals surface area (Å²) in [7, 11) is 1.33. The number of hydrogen-bond donors (Lipinski definition) is 1. The number of halogens is 1. The number of carbonyl (C=O) groups is 3. The zero-order valence-electron chi connectivity index (χ0n) is 21.9. The van der Waals surface area contributed by atoms with Crippen LogP contribution in [0.2, 0.25) is 0 Å². The van der Waals surface area contributed by atoms with Crippen molar-refractivity contribution in [3.8, 4) is 0 Å². The number of anilines is 1. The number of hydrogen-bond acceptors (Lipinski definition) is 6. The molecule has 0 spiro atoms. The van der Waals surface area contributed by atoms with Gasteiger partial charge in [0.05, 0.1) is 25.8 Å². The van der Waals surface area contributed by atoms with Crippen molar-refractivity contribution < 1.29 is 45.3 Å². The number of quaternary nitrogens is 1. The molecular weight excluding hydrogens is 560 g/mol. The van der Waals surface area contributed by atoms with Crippen LogP contribution in [0, 0.1) is 5.92 Å². The van der Waals surface area contributed by atoms with Gasteiger partial charge in [-0.05, 0) is 29.8 Å². The fourth-order valence-electron chi connectivity index (χ4n) is 5.72. The number of ketones is 1. The van der Waals surface area contributed by atoms with Crippen molar-refractivity contribution in [1.29, 1.82) is 0 Å². The summed E-state index contributed by atoms with van der Waals surface area (Å²) >= 11 is 0. The maximum atomic E-state index is 13.6. The predicted molar refractivity (Wildman–Crippen MR) is 144 cm³/mol. The number of carbonyl (C=O) groups excluding carboxylic acids is 3. The highest BCUT2D eigenvalue weighted by atomic mass is 79.9. The summed E-state index contributed by atoms with van der Waals surface area (Å²) in [6, 6.07) is 25.2. The van der Waals surface area contributed by atoms with Gasteiger partial charge in [-0.3, -0.25) is 4.79 Å². The Morgan fingerprint density at radius 2 is 1.46 bits per heavy atom. The number of methoxy groups -OCH3 is 1. The number of rotatable bonds is 9. The summed E-state index contributed by atoms with van der Waals surface area (Å²) in [5, 5.41) is 3.34. The van der Waals surface area contributed by atoms with Gasteiger partial charge in [-0.2, -0.15) is 0 Å². The van der Waals surface area contributed by atoms with Crippen LogP contribution >= 0.6 is 0 Å². The van der Waals surface area contributed by atoms with Gasteiger partial charge < -0.3 is 36.3 Å². The lowest BCUT2D eigenvalue weighted by molar-refractivity contribution is -0.938. The van der Waals surface area contributed by atoms with Crippen LogP contribution in [0.3, 0.4) is 0 Å². The van der Waals surface area contributed by atoms with Crippen molar-refractivity contribution in [3.63, 3.8) is 0 Å². The SMILES string of the molecule is COC(=O)c1ccc(C(=O)C[N+]23CCC(CC2)C(OC(=O)C(Nc2ccccc2)c2ccccc2)C3)cc1.[Br-]. The molecule has 3 aliphatic rings. The Morgan fingerprint density at radius 1 is 0.872 bits per heavy atom. The number of nitrogens with zero attached hydrogens (tertiary/aromatic N) is 1. The minimum Gasteiger partial charge on any atom is -1.00 e. The molecule has 3 aliphatic heterocycles. The Balaban J connectivity index is 0.00000353. The summed E-state index contributed by atoms with van der Waals surface area (Å²) < 4.78 is 11.6. The first kappa shape index (κ1) is 28.5. The maximum absolute atomic E-state index is 13.6. The first-order valence-corrected chi connectivity index (χ1v) is 13.1. The van der Waals surface area contributed by atoms with Crippen LogP contribution in [-0.2, 0) is 14.3 Å². The Hall–Kier alpha value is -3.49. The fraction of sp³-hybridized carbons (Fsp3) is 0.323.